The summed E-state index contributed by atoms with van der Waals surface area (Å²) in [7, 11) is -9.33. The molecule has 168 valence electrons. The largest absolute Gasteiger partial charge is 0.399 e. The maximum absolute atomic E-state index is 8.74. The van der Waals surface area contributed by atoms with Gasteiger partial charge in [-0.2, -0.15) is 21.9 Å². The molecule has 0 spiro atoms. The van der Waals surface area contributed by atoms with E-state index in [1.165, 1.54) is 10.9 Å². The molecule has 0 fully saturated rings. The molecule has 0 saturated carbocycles. The SMILES string of the molecule is Cc1cc(N)ccc1N.Nc1cnn(CCO)c1N.O=S(=O)(O)O.O=S(=O)(O)O. The molecule has 29 heavy (non-hydrogen) atoms. The minimum absolute atomic E-state index is 0.0192. The van der Waals surface area contributed by atoms with Crippen molar-refractivity contribution in [2.75, 3.05) is 29.5 Å². The third kappa shape index (κ3) is 19.9. The Morgan fingerprint density at radius 2 is 1.38 bits per heavy atom. The molecule has 0 saturated heterocycles. The summed E-state index contributed by atoms with van der Waals surface area (Å²) >= 11 is 0. The Hall–Kier alpha value is -2.67. The summed E-state index contributed by atoms with van der Waals surface area (Å²) in [5.74, 6) is 0.411. The van der Waals surface area contributed by atoms with E-state index in [1.807, 2.05) is 19.1 Å². The van der Waals surface area contributed by atoms with Crippen LogP contribution in [0.2, 0.25) is 0 Å². The number of nitrogens with zero attached hydrogens (tertiary/aromatic N) is 2. The zero-order valence-electron chi connectivity index (χ0n) is 15.1. The molecular formula is C12H24N6O9S2. The van der Waals surface area contributed by atoms with Gasteiger partial charge < -0.3 is 28.0 Å². The van der Waals surface area contributed by atoms with Gasteiger partial charge in [0.25, 0.3) is 0 Å². The standard InChI is InChI=1S/C7H10N2.C5H10N4O.2H2O4S/c1-5-4-6(8)2-3-7(5)9;6-4-3-8-9(1-2-10)5(4)7;2*1-5(2,3)4/h2-4H,8-9H2,1H3;3,10H,1-2,6-7H2;2*(H2,1,2,3,4). The fraction of sp³-hybridized carbons (Fsp3) is 0.250. The molecule has 0 amide bonds. The molecule has 0 aliphatic heterocycles. The third-order valence-electron chi connectivity index (χ3n) is 2.52. The fourth-order valence-corrected chi connectivity index (χ4v) is 1.38. The zero-order chi connectivity index (χ0) is 23.4. The Labute approximate surface area is 167 Å². The number of hydrogen-bond donors (Lipinski definition) is 9. The first kappa shape index (κ1) is 28.5. The monoisotopic (exact) mass is 460 g/mol. The number of benzene rings is 1. The van der Waals surface area contributed by atoms with Crippen molar-refractivity contribution >= 4 is 43.7 Å². The summed E-state index contributed by atoms with van der Waals surface area (Å²) in [5.41, 5.74) is 24.9. The lowest BCUT2D eigenvalue weighted by Gasteiger charge is -1.99. The Kier molecular flexibility index (Phi) is 12.5. The number of aliphatic hydroxyl groups is 1. The van der Waals surface area contributed by atoms with Crippen LogP contribution in [0.3, 0.4) is 0 Å². The molecule has 0 unspecified atom stereocenters. The van der Waals surface area contributed by atoms with Crippen molar-refractivity contribution in [3.05, 3.63) is 30.0 Å². The predicted molar refractivity (Wildman–Crippen MR) is 106 cm³/mol. The lowest BCUT2D eigenvalue weighted by atomic mass is 10.2. The molecule has 0 aliphatic rings. The van der Waals surface area contributed by atoms with Crippen LogP contribution in [0.25, 0.3) is 0 Å². The van der Waals surface area contributed by atoms with Crippen LogP contribution in [0.1, 0.15) is 5.56 Å². The molecule has 0 atom stereocenters. The van der Waals surface area contributed by atoms with E-state index in [-0.39, 0.29) is 6.61 Å². The molecule has 1 heterocycles. The number of anilines is 4. The van der Waals surface area contributed by atoms with Gasteiger partial charge in [0.15, 0.2) is 0 Å². The highest BCUT2D eigenvalue weighted by Crippen LogP contribution is 2.13. The molecule has 13 N–H and O–H groups in total. The smallest absolute Gasteiger partial charge is 0.394 e. The van der Waals surface area contributed by atoms with Gasteiger partial charge >= 0.3 is 20.8 Å². The van der Waals surface area contributed by atoms with E-state index < -0.39 is 20.8 Å². The Morgan fingerprint density at radius 1 is 0.931 bits per heavy atom. The number of nitrogens with two attached hydrogens (primary N) is 4. The highest BCUT2D eigenvalue weighted by Gasteiger charge is 2.01. The number of hydrogen-bond acceptors (Lipinski definition) is 10. The predicted octanol–water partition coefficient (Wildman–Crippen LogP) is -1.11. The van der Waals surface area contributed by atoms with Gasteiger partial charge in [-0.15, -0.1) is 0 Å². The molecule has 0 aliphatic carbocycles. The van der Waals surface area contributed by atoms with Gasteiger partial charge in [-0.25, -0.2) is 4.68 Å². The maximum Gasteiger partial charge on any atom is 0.394 e. The van der Waals surface area contributed by atoms with Crippen LogP contribution >= 0.6 is 0 Å². The molecule has 2 aromatic rings. The van der Waals surface area contributed by atoms with Crippen LogP contribution in [0, 0.1) is 6.92 Å². The minimum atomic E-state index is -4.67. The van der Waals surface area contributed by atoms with E-state index in [4.69, 9.17) is 63.1 Å². The topological polar surface area (TPSA) is 291 Å². The quantitative estimate of drug-likeness (QED) is 0.190. The van der Waals surface area contributed by atoms with Crippen LogP contribution in [0.4, 0.5) is 22.9 Å². The van der Waals surface area contributed by atoms with Crippen LogP contribution < -0.4 is 22.9 Å². The average Bonchev–Trinajstić information content (AvgIpc) is 2.81. The van der Waals surface area contributed by atoms with Crippen molar-refractivity contribution in [2.45, 2.75) is 13.5 Å². The third-order valence-corrected chi connectivity index (χ3v) is 2.52. The highest BCUT2D eigenvalue weighted by molar-refractivity contribution is 7.80. The van der Waals surface area contributed by atoms with Crippen LogP contribution in [0.15, 0.2) is 24.4 Å². The van der Waals surface area contributed by atoms with Gasteiger partial charge in [0.05, 0.1) is 25.0 Å². The highest BCUT2D eigenvalue weighted by atomic mass is 32.3. The van der Waals surface area contributed by atoms with E-state index in [9.17, 15) is 0 Å². The van der Waals surface area contributed by atoms with Gasteiger partial charge in [-0.1, -0.05) is 0 Å². The van der Waals surface area contributed by atoms with Crippen molar-refractivity contribution in [3.63, 3.8) is 0 Å². The van der Waals surface area contributed by atoms with E-state index in [0.29, 0.717) is 18.1 Å². The van der Waals surface area contributed by atoms with Crippen LogP contribution in [-0.4, -0.2) is 56.5 Å². The van der Waals surface area contributed by atoms with Gasteiger partial charge in [0.1, 0.15) is 5.82 Å². The Morgan fingerprint density at radius 3 is 1.66 bits per heavy atom. The summed E-state index contributed by atoms with van der Waals surface area (Å²) in [5, 5.41) is 12.3. The first-order valence-electron chi connectivity index (χ1n) is 7.14. The van der Waals surface area contributed by atoms with Gasteiger partial charge in [-0.3, -0.25) is 18.2 Å². The van der Waals surface area contributed by atoms with E-state index in [1.54, 1.807) is 6.07 Å². The average molecular weight is 460 g/mol. The molecule has 0 bridgehead atoms. The van der Waals surface area contributed by atoms with Crippen molar-refractivity contribution in [1.82, 2.24) is 9.78 Å². The Bertz CT molecular complexity index is 914. The fourth-order valence-electron chi connectivity index (χ4n) is 1.38. The summed E-state index contributed by atoms with van der Waals surface area (Å²) in [6.45, 7) is 2.35. The van der Waals surface area contributed by atoms with Crippen LogP contribution in [-0.2, 0) is 27.3 Å². The van der Waals surface area contributed by atoms with Gasteiger partial charge in [0.2, 0.25) is 0 Å². The first-order valence-corrected chi connectivity index (χ1v) is 9.94. The molecule has 0 radical (unpaired) electrons. The lowest BCUT2D eigenvalue weighted by Crippen LogP contribution is -2.07. The molecule has 17 heteroatoms. The van der Waals surface area contributed by atoms with Crippen molar-refractivity contribution in [2.24, 2.45) is 0 Å². The number of aromatic nitrogens is 2. The van der Waals surface area contributed by atoms with E-state index in [2.05, 4.69) is 5.10 Å². The lowest BCUT2D eigenvalue weighted by molar-refractivity contribution is 0.270. The van der Waals surface area contributed by atoms with Gasteiger partial charge in [-0.05, 0) is 30.7 Å². The Balaban J connectivity index is 0. The summed E-state index contributed by atoms with van der Waals surface area (Å²) < 4.78 is 64.6. The zero-order valence-corrected chi connectivity index (χ0v) is 16.7. The number of nitrogen functional groups attached to an aromatic ring is 4. The molecule has 2 rings (SSSR count). The summed E-state index contributed by atoms with van der Waals surface area (Å²) in [6.07, 6.45) is 1.46. The summed E-state index contributed by atoms with van der Waals surface area (Å²) in [6, 6.07) is 5.46. The molecule has 15 nitrogen and oxygen atoms in total. The van der Waals surface area contributed by atoms with Gasteiger partial charge in [0, 0.05) is 11.4 Å². The van der Waals surface area contributed by atoms with E-state index >= 15 is 0 Å². The van der Waals surface area contributed by atoms with Crippen molar-refractivity contribution < 1.29 is 40.2 Å². The minimum Gasteiger partial charge on any atom is -0.399 e. The second kappa shape index (κ2) is 12.7. The summed E-state index contributed by atoms with van der Waals surface area (Å²) in [4.78, 5) is 0. The number of aliphatic hydroxyl groups excluding tert-OH is 1. The second-order valence-electron chi connectivity index (χ2n) is 4.94. The van der Waals surface area contributed by atoms with Crippen molar-refractivity contribution in [3.8, 4) is 0 Å². The molecule has 1 aromatic carbocycles. The second-order valence-corrected chi connectivity index (χ2v) is 6.73. The normalized spacial score (nSPS) is 10.4. The molecule has 1 aromatic heterocycles. The van der Waals surface area contributed by atoms with E-state index in [0.717, 1.165) is 16.9 Å². The number of rotatable bonds is 2. The number of aryl methyl sites for hydroxylation is 1. The van der Waals surface area contributed by atoms with Crippen LogP contribution in [0.5, 0.6) is 0 Å². The maximum atomic E-state index is 8.74. The first-order chi connectivity index (χ1) is 13.0. The molecular weight excluding hydrogens is 436 g/mol. The van der Waals surface area contributed by atoms with Crippen molar-refractivity contribution in [1.29, 1.82) is 0 Å².